The Kier molecular flexibility index (Phi) is 4.15. The lowest BCUT2D eigenvalue weighted by molar-refractivity contribution is -0.384. The number of nitro groups is 1. The standard InChI is InChI=1S/C14H11NO6/c16-8-9-2-1-3-11(6-9)21-13-5-4-10(15(19)20)7-12(13)14(17)18/h1-7,16H,8H2,(H,17,18). The Hall–Kier alpha value is -2.93. The smallest absolute Gasteiger partial charge is 0.339 e. The SMILES string of the molecule is O=C(O)c1cc([N+](=O)[O-])ccc1Oc1cccc(CO)c1. The first-order valence-electron chi connectivity index (χ1n) is 5.90. The highest BCUT2D eigenvalue weighted by Crippen LogP contribution is 2.29. The molecule has 0 saturated carbocycles. The van der Waals surface area contributed by atoms with Crippen molar-refractivity contribution in [3.63, 3.8) is 0 Å². The van der Waals surface area contributed by atoms with Gasteiger partial charge in [-0.15, -0.1) is 0 Å². The highest BCUT2D eigenvalue weighted by Gasteiger charge is 2.17. The number of nitrogens with zero attached hydrogens (tertiary/aromatic N) is 1. The van der Waals surface area contributed by atoms with Crippen LogP contribution < -0.4 is 4.74 Å². The summed E-state index contributed by atoms with van der Waals surface area (Å²) >= 11 is 0. The zero-order chi connectivity index (χ0) is 15.4. The van der Waals surface area contributed by atoms with Crippen molar-refractivity contribution in [1.82, 2.24) is 0 Å². The van der Waals surface area contributed by atoms with Crippen LogP contribution in [0.2, 0.25) is 0 Å². The third-order valence-electron chi connectivity index (χ3n) is 2.71. The lowest BCUT2D eigenvalue weighted by atomic mass is 10.1. The maximum absolute atomic E-state index is 11.2. The average Bonchev–Trinajstić information content (AvgIpc) is 2.47. The molecule has 0 aliphatic rings. The molecule has 0 heterocycles. The number of carboxylic acids is 1. The molecule has 7 nitrogen and oxygen atoms in total. The predicted octanol–water partition coefficient (Wildman–Crippen LogP) is 2.58. The monoisotopic (exact) mass is 289 g/mol. The summed E-state index contributed by atoms with van der Waals surface area (Å²) in [5, 5.41) is 28.8. The molecule has 2 rings (SSSR count). The van der Waals surface area contributed by atoms with Crippen LogP contribution in [0.25, 0.3) is 0 Å². The van der Waals surface area contributed by atoms with E-state index >= 15 is 0 Å². The van der Waals surface area contributed by atoms with Crippen molar-refractivity contribution in [2.45, 2.75) is 6.61 Å². The molecule has 0 bridgehead atoms. The topological polar surface area (TPSA) is 110 Å². The first-order chi connectivity index (χ1) is 10.0. The van der Waals surface area contributed by atoms with Crippen molar-refractivity contribution in [1.29, 1.82) is 0 Å². The molecule has 108 valence electrons. The van der Waals surface area contributed by atoms with E-state index in [0.29, 0.717) is 11.3 Å². The fourth-order valence-electron chi connectivity index (χ4n) is 1.72. The van der Waals surface area contributed by atoms with E-state index in [2.05, 4.69) is 0 Å². The number of hydrogen-bond acceptors (Lipinski definition) is 5. The number of aliphatic hydroxyl groups is 1. The molecule has 7 heteroatoms. The molecule has 0 aliphatic carbocycles. The van der Waals surface area contributed by atoms with Gasteiger partial charge in [0.1, 0.15) is 17.1 Å². The molecule has 2 aromatic rings. The summed E-state index contributed by atoms with van der Waals surface area (Å²) in [5.41, 5.74) is -0.0336. The van der Waals surface area contributed by atoms with Crippen LogP contribution in [-0.2, 0) is 6.61 Å². The molecule has 0 aromatic heterocycles. The zero-order valence-electron chi connectivity index (χ0n) is 10.7. The Morgan fingerprint density at radius 2 is 2.00 bits per heavy atom. The van der Waals surface area contributed by atoms with Crippen LogP contribution in [0.4, 0.5) is 5.69 Å². The molecule has 0 radical (unpaired) electrons. The predicted molar refractivity (Wildman–Crippen MR) is 72.5 cm³/mol. The minimum Gasteiger partial charge on any atom is -0.478 e. The van der Waals surface area contributed by atoms with E-state index in [1.165, 1.54) is 6.07 Å². The van der Waals surface area contributed by atoms with Gasteiger partial charge in [0.25, 0.3) is 5.69 Å². The normalized spacial score (nSPS) is 10.1. The van der Waals surface area contributed by atoms with Crippen LogP contribution in [0.15, 0.2) is 42.5 Å². The minimum absolute atomic E-state index is 0.0109. The number of non-ortho nitro benzene ring substituents is 1. The molecular weight excluding hydrogens is 278 g/mol. The molecule has 2 N–H and O–H groups in total. The summed E-state index contributed by atoms with van der Waals surface area (Å²) < 4.78 is 5.43. The summed E-state index contributed by atoms with van der Waals surface area (Å²) in [6.45, 7) is -0.177. The highest BCUT2D eigenvalue weighted by atomic mass is 16.6. The second-order valence-electron chi connectivity index (χ2n) is 4.15. The van der Waals surface area contributed by atoms with E-state index in [4.69, 9.17) is 14.9 Å². The number of aromatic carboxylic acids is 1. The van der Waals surface area contributed by atoms with Crippen LogP contribution in [0.1, 0.15) is 15.9 Å². The molecule has 0 atom stereocenters. The largest absolute Gasteiger partial charge is 0.478 e. The van der Waals surface area contributed by atoms with Crippen molar-refractivity contribution in [2.24, 2.45) is 0 Å². The van der Waals surface area contributed by atoms with Crippen molar-refractivity contribution >= 4 is 11.7 Å². The Morgan fingerprint density at radius 3 is 2.62 bits per heavy atom. The van der Waals surface area contributed by atoms with Crippen molar-refractivity contribution in [3.8, 4) is 11.5 Å². The molecule has 0 fully saturated rings. The van der Waals surface area contributed by atoms with Crippen molar-refractivity contribution in [2.75, 3.05) is 0 Å². The fraction of sp³-hybridized carbons (Fsp3) is 0.0714. The van der Waals surface area contributed by atoms with Gasteiger partial charge < -0.3 is 14.9 Å². The molecule has 0 aliphatic heterocycles. The minimum atomic E-state index is -1.33. The average molecular weight is 289 g/mol. The number of rotatable bonds is 5. The van der Waals surface area contributed by atoms with E-state index in [-0.39, 0.29) is 23.6 Å². The van der Waals surface area contributed by atoms with E-state index in [9.17, 15) is 14.9 Å². The number of hydrogen-bond donors (Lipinski definition) is 2. The van der Waals surface area contributed by atoms with E-state index in [1.54, 1.807) is 24.3 Å². The Labute approximate surface area is 119 Å². The maximum atomic E-state index is 11.2. The summed E-state index contributed by atoms with van der Waals surface area (Å²) in [5.74, 6) is -1.01. The number of ether oxygens (including phenoxy) is 1. The van der Waals surface area contributed by atoms with Gasteiger partial charge in [0, 0.05) is 12.1 Å². The zero-order valence-corrected chi connectivity index (χ0v) is 10.7. The second kappa shape index (κ2) is 6.02. The van der Waals surface area contributed by atoms with Crippen LogP contribution in [0, 0.1) is 10.1 Å². The van der Waals surface area contributed by atoms with Gasteiger partial charge in [-0.3, -0.25) is 10.1 Å². The second-order valence-corrected chi connectivity index (χ2v) is 4.15. The maximum Gasteiger partial charge on any atom is 0.339 e. The lowest BCUT2D eigenvalue weighted by Crippen LogP contribution is -2.01. The van der Waals surface area contributed by atoms with Gasteiger partial charge in [0.15, 0.2) is 0 Å². The van der Waals surface area contributed by atoms with Gasteiger partial charge in [0.2, 0.25) is 0 Å². The third-order valence-corrected chi connectivity index (χ3v) is 2.71. The number of aliphatic hydroxyl groups excluding tert-OH is 1. The number of carboxylic acid groups (broad SMARTS) is 1. The number of nitro benzene ring substituents is 1. The summed E-state index contributed by atoms with van der Waals surface area (Å²) in [6.07, 6.45) is 0. The van der Waals surface area contributed by atoms with Crippen LogP contribution in [-0.4, -0.2) is 21.1 Å². The summed E-state index contributed by atoms with van der Waals surface area (Å²) in [7, 11) is 0. The molecule has 0 amide bonds. The highest BCUT2D eigenvalue weighted by molar-refractivity contribution is 5.91. The van der Waals surface area contributed by atoms with E-state index in [1.807, 2.05) is 0 Å². The number of benzene rings is 2. The van der Waals surface area contributed by atoms with Crippen molar-refractivity contribution < 1.29 is 24.7 Å². The fourth-order valence-corrected chi connectivity index (χ4v) is 1.72. The molecule has 21 heavy (non-hydrogen) atoms. The molecule has 0 unspecified atom stereocenters. The van der Waals surface area contributed by atoms with Gasteiger partial charge in [0.05, 0.1) is 11.5 Å². The Morgan fingerprint density at radius 1 is 1.24 bits per heavy atom. The van der Waals surface area contributed by atoms with Gasteiger partial charge in [-0.2, -0.15) is 0 Å². The molecule has 2 aromatic carbocycles. The van der Waals surface area contributed by atoms with E-state index < -0.39 is 10.9 Å². The summed E-state index contributed by atoms with van der Waals surface area (Å²) in [4.78, 5) is 21.2. The molecular formula is C14H11NO6. The third kappa shape index (κ3) is 3.34. The number of carbonyl (C=O) groups is 1. The van der Waals surface area contributed by atoms with Gasteiger partial charge in [-0.05, 0) is 23.8 Å². The Balaban J connectivity index is 2.38. The van der Waals surface area contributed by atoms with E-state index in [0.717, 1.165) is 12.1 Å². The van der Waals surface area contributed by atoms with Gasteiger partial charge in [-0.1, -0.05) is 12.1 Å². The quantitative estimate of drug-likeness (QED) is 0.646. The van der Waals surface area contributed by atoms with Gasteiger partial charge >= 0.3 is 5.97 Å². The van der Waals surface area contributed by atoms with Gasteiger partial charge in [-0.25, -0.2) is 4.79 Å². The molecule has 0 saturated heterocycles. The van der Waals surface area contributed by atoms with Crippen LogP contribution in [0.3, 0.4) is 0 Å². The Bertz CT molecular complexity index is 698. The first kappa shape index (κ1) is 14.5. The summed E-state index contributed by atoms with van der Waals surface area (Å²) in [6, 6.07) is 9.80. The first-order valence-corrected chi connectivity index (χ1v) is 5.90. The molecule has 0 spiro atoms. The van der Waals surface area contributed by atoms with Crippen LogP contribution >= 0.6 is 0 Å². The van der Waals surface area contributed by atoms with Crippen molar-refractivity contribution in [3.05, 3.63) is 63.7 Å². The van der Waals surface area contributed by atoms with Crippen LogP contribution in [0.5, 0.6) is 11.5 Å². The lowest BCUT2D eigenvalue weighted by Gasteiger charge is -2.09.